The lowest BCUT2D eigenvalue weighted by molar-refractivity contribution is -0.147. The Morgan fingerprint density at radius 1 is 1.09 bits per heavy atom. The minimum Gasteiger partial charge on any atom is -0.489 e. The highest BCUT2D eigenvalue weighted by Crippen LogP contribution is 2.20. The van der Waals surface area contributed by atoms with Crippen molar-refractivity contribution < 1.29 is 23.9 Å². The van der Waals surface area contributed by atoms with E-state index in [2.05, 4.69) is 12.2 Å². The molecule has 3 rings (SSSR count). The molecule has 0 aliphatic carbocycles. The standard InChI is InChI=1S/C25H30N2O5/c1-2-3-7-15-31-23(28)17-22-24(29)26-13-14-27(22)25(30)20-11-8-12-21(16-20)32-18-19-9-5-4-6-10-19/h4-6,8-12,16,22H,2-3,7,13-15,17-18H2,1H3,(H,26,29). The Morgan fingerprint density at radius 2 is 1.91 bits per heavy atom. The summed E-state index contributed by atoms with van der Waals surface area (Å²) in [6, 6.07) is 15.7. The summed E-state index contributed by atoms with van der Waals surface area (Å²) in [7, 11) is 0. The van der Waals surface area contributed by atoms with Gasteiger partial charge in [0.15, 0.2) is 0 Å². The van der Waals surface area contributed by atoms with E-state index in [4.69, 9.17) is 9.47 Å². The zero-order valence-electron chi connectivity index (χ0n) is 18.4. The zero-order chi connectivity index (χ0) is 22.8. The van der Waals surface area contributed by atoms with Gasteiger partial charge in [0.25, 0.3) is 5.91 Å². The first-order valence-corrected chi connectivity index (χ1v) is 11.1. The predicted octanol–water partition coefficient (Wildman–Crippen LogP) is 3.33. The molecule has 1 saturated heterocycles. The molecule has 32 heavy (non-hydrogen) atoms. The number of carbonyl (C=O) groups is 3. The zero-order valence-corrected chi connectivity index (χ0v) is 18.4. The number of hydrogen-bond donors (Lipinski definition) is 1. The van der Waals surface area contributed by atoms with Crippen molar-refractivity contribution >= 4 is 17.8 Å². The van der Waals surface area contributed by atoms with Gasteiger partial charge in [-0.25, -0.2) is 0 Å². The third-order valence-electron chi connectivity index (χ3n) is 5.29. The highest BCUT2D eigenvalue weighted by Gasteiger charge is 2.35. The molecule has 0 aromatic heterocycles. The molecule has 7 heteroatoms. The van der Waals surface area contributed by atoms with Gasteiger partial charge in [-0.05, 0) is 30.2 Å². The molecule has 2 aromatic carbocycles. The second-order valence-corrected chi connectivity index (χ2v) is 7.74. The van der Waals surface area contributed by atoms with Crippen molar-refractivity contribution in [1.82, 2.24) is 10.2 Å². The Bertz CT molecular complexity index is 916. The second-order valence-electron chi connectivity index (χ2n) is 7.74. The van der Waals surface area contributed by atoms with Gasteiger partial charge in [-0.15, -0.1) is 0 Å². The van der Waals surface area contributed by atoms with Crippen LogP contribution in [-0.4, -0.2) is 48.4 Å². The maximum atomic E-state index is 13.2. The minimum absolute atomic E-state index is 0.159. The monoisotopic (exact) mass is 438 g/mol. The molecule has 1 N–H and O–H groups in total. The van der Waals surface area contributed by atoms with E-state index < -0.39 is 12.0 Å². The number of piperazine rings is 1. The Kier molecular flexibility index (Phi) is 8.66. The Balaban J connectivity index is 1.64. The van der Waals surface area contributed by atoms with Crippen LogP contribution in [0, 0.1) is 0 Å². The number of hydrogen-bond acceptors (Lipinski definition) is 5. The van der Waals surface area contributed by atoms with Gasteiger partial charge < -0.3 is 19.7 Å². The normalized spacial score (nSPS) is 15.7. The molecular formula is C25H30N2O5. The number of amides is 2. The maximum absolute atomic E-state index is 13.2. The third kappa shape index (κ3) is 6.57. The Labute approximate surface area is 188 Å². The van der Waals surface area contributed by atoms with Gasteiger partial charge in [0.1, 0.15) is 18.4 Å². The molecule has 2 aromatic rings. The number of unbranched alkanes of at least 4 members (excludes halogenated alkanes) is 2. The molecule has 1 aliphatic rings. The van der Waals surface area contributed by atoms with Crippen molar-refractivity contribution in [2.45, 2.75) is 45.3 Å². The molecule has 0 radical (unpaired) electrons. The fraction of sp³-hybridized carbons (Fsp3) is 0.400. The van der Waals surface area contributed by atoms with E-state index in [1.807, 2.05) is 30.3 Å². The molecule has 0 bridgehead atoms. The fourth-order valence-corrected chi connectivity index (χ4v) is 3.54. The summed E-state index contributed by atoms with van der Waals surface area (Å²) < 4.78 is 11.1. The van der Waals surface area contributed by atoms with Gasteiger partial charge in [0, 0.05) is 18.7 Å². The summed E-state index contributed by atoms with van der Waals surface area (Å²) in [4.78, 5) is 39.3. The highest BCUT2D eigenvalue weighted by molar-refractivity contribution is 5.99. The van der Waals surface area contributed by atoms with Crippen molar-refractivity contribution in [3.05, 3.63) is 65.7 Å². The number of nitrogens with zero attached hydrogens (tertiary/aromatic N) is 1. The molecule has 1 heterocycles. The second kappa shape index (κ2) is 11.9. The van der Waals surface area contributed by atoms with Crippen molar-refractivity contribution in [3.8, 4) is 5.75 Å². The first-order chi connectivity index (χ1) is 15.6. The largest absolute Gasteiger partial charge is 0.489 e. The summed E-state index contributed by atoms with van der Waals surface area (Å²) in [6.45, 7) is 3.45. The van der Waals surface area contributed by atoms with E-state index in [1.54, 1.807) is 24.3 Å². The molecular weight excluding hydrogens is 408 g/mol. The number of ether oxygens (including phenoxy) is 2. The van der Waals surface area contributed by atoms with Crippen LogP contribution >= 0.6 is 0 Å². The van der Waals surface area contributed by atoms with Crippen LogP contribution in [0.5, 0.6) is 5.75 Å². The number of esters is 1. The lowest BCUT2D eigenvalue weighted by atomic mass is 10.1. The van der Waals surface area contributed by atoms with Crippen LogP contribution in [0.4, 0.5) is 0 Å². The van der Waals surface area contributed by atoms with Crippen LogP contribution in [0.15, 0.2) is 54.6 Å². The van der Waals surface area contributed by atoms with Crippen LogP contribution in [-0.2, 0) is 20.9 Å². The van der Waals surface area contributed by atoms with Crippen molar-refractivity contribution in [2.75, 3.05) is 19.7 Å². The van der Waals surface area contributed by atoms with Crippen molar-refractivity contribution in [1.29, 1.82) is 0 Å². The summed E-state index contributed by atoms with van der Waals surface area (Å²) in [5.41, 5.74) is 1.43. The smallest absolute Gasteiger partial charge is 0.308 e. The number of rotatable bonds is 10. The average molecular weight is 439 g/mol. The van der Waals surface area contributed by atoms with E-state index in [-0.39, 0.29) is 18.2 Å². The number of carbonyl (C=O) groups excluding carboxylic acids is 3. The average Bonchev–Trinajstić information content (AvgIpc) is 2.82. The lowest BCUT2D eigenvalue weighted by Crippen LogP contribution is -2.57. The topological polar surface area (TPSA) is 84.9 Å². The third-order valence-corrected chi connectivity index (χ3v) is 5.29. The van der Waals surface area contributed by atoms with Crippen LogP contribution in [0.2, 0.25) is 0 Å². The van der Waals surface area contributed by atoms with Crippen LogP contribution in [0.3, 0.4) is 0 Å². The molecule has 1 fully saturated rings. The minimum atomic E-state index is -0.885. The van der Waals surface area contributed by atoms with E-state index in [1.165, 1.54) is 4.90 Å². The molecule has 1 atom stereocenters. The first kappa shape index (κ1) is 23.3. The maximum Gasteiger partial charge on any atom is 0.308 e. The van der Waals surface area contributed by atoms with Gasteiger partial charge in [-0.1, -0.05) is 56.2 Å². The molecule has 7 nitrogen and oxygen atoms in total. The Hall–Kier alpha value is -3.35. The van der Waals surface area contributed by atoms with E-state index >= 15 is 0 Å². The molecule has 1 unspecified atom stereocenters. The molecule has 0 spiro atoms. The van der Waals surface area contributed by atoms with Crippen molar-refractivity contribution in [3.63, 3.8) is 0 Å². The molecule has 2 amide bonds. The highest BCUT2D eigenvalue weighted by atomic mass is 16.5. The first-order valence-electron chi connectivity index (χ1n) is 11.1. The van der Waals surface area contributed by atoms with Crippen molar-refractivity contribution in [2.24, 2.45) is 0 Å². The summed E-state index contributed by atoms with van der Waals surface area (Å²) in [5.74, 6) is -0.561. The van der Waals surface area contributed by atoms with Gasteiger partial charge >= 0.3 is 5.97 Å². The predicted molar refractivity (Wildman–Crippen MR) is 120 cm³/mol. The van der Waals surface area contributed by atoms with E-state index in [0.29, 0.717) is 37.6 Å². The summed E-state index contributed by atoms with van der Waals surface area (Å²) >= 11 is 0. The number of benzene rings is 2. The van der Waals surface area contributed by atoms with Crippen LogP contribution in [0.25, 0.3) is 0 Å². The Morgan fingerprint density at radius 3 is 2.69 bits per heavy atom. The summed E-state index contributed by atoms with van der Waals surface area (Å²) in [6.07, 6.45) is 2.63. The van der Waals surface area contributed by atoms with Gasteiger partial charge in [0.05, 0.1) is 13.0 Å². The van der Waals surface area contributed by atoms with E-state index in [9.17, 15) is 14.4 Å². The SMILES string of the molecule is CCCCCOC(=O)CC1C(=O)NCCN1C(=O)c1cccc(OCc2ccccc2)c1. The van der Waals surface area contributed by atoms with Crippen LogP contribution in [0.1, 0.15) is 48.5 Å². The van der Waals surface area contributed by atoms with Gasteiger partial charge in [0.2, 0.25) is 5.91 Å². The fourth-order valence-electron chi connectivity index (χ4n) is 3.54. The molecule has 170 valence electrons. The molecule has 1 aliphatic heterocycles. The summed E-state index contributed by atoms with van der Waals surface area (Å²) in [5, 5.41) is 2.73. The van der Waals surface area contributed by atoms with E-state index in [0.717, 1.165) is 24.8 Å². The van der Waals surface area contributed by atoms with Gasteiger partial charge in [-0.3, -0.25) is 14.4 Å². The molecule has 0 saturated carbocycles. The van der Waals surface area contributed by atoms with Crippen LogP contribution < -0.4 is 10.1 Å². The lowest BCUT2D eigenvalue weighted by Gasteiger charge is -2.34. The number of nitrogens with one attached hydrogen (secondary N) is 1. The van der Waals surface area contributed by atoms with Gasteiger partial charge in [-0.2, -0.15) is 0 Å². The quantitative estimate of drug-likeness (QED) is 0.454.